The maximum absolute atomic E-state index is 12.9. The monoisotopic (exact) mass is 422 g/mol. The fraction of sp³-hybridized carbons (Fsp3) is 0.348. The van der Waals surface area contributed by atoms with E-state index in [1.54, 1.807) is 16.7 Å². The summed E-state index contributed by atoms with van der Waals surface area (Å²) >= 11 is 1.68. The highest BCUT2D eigenvalue weighted by Gasteiger charge is 2.42. The molecule has 6 nitrogen and oxygen atoms in total. The molecule has 30 heavy (non-hydrogen) atoms. The third-order valence-corrected chi connectivity index (χ3v) is 7.03. The van der Waals surface area contributed by atoms with Crippen LogP contribution < -0.4 is 0 Å². The molecule has 7 heteroatoms. The van der Waals surface area contributed by atoms with Crippen LogP contribution in [0.1, 0.15) is 23.5 Å². The third kappa shape index (κ3) is 3.27. The number of Topliss-reactive ketones (excluding diaryl/α,β-unsaturated/α-hetero) is 1. The number of hydrogen-bond donors (Lipinski definition) is 0. The van der Waals surface area contributed by atoms with Crippen LogP contribution in [0, 0.1) is 0 Å². The lowest BCUT2D eigenvalue weighted by atomic mass is 9.98. The van der Waals surface area contributed by atoms with Gasteiger partial charge in [-0.05, 0) is 22.3 Å². The number of ketones is 1. The summed E-state index contributed by atoms with van der Waals surface area (Å²) in [5.41, 5.74) is 4.58. The van der Waals surface area contributed by atoms with Crippen LogP contribution in [0.3, 0.4) is 0 Å². The molecule has 0 bridgehead atoms. The molecule has 2 heterocycles. The van der Waals surface area contributed by atoms with Gasteiger partial charge in [-0.15, -0.1) is 11.8 Å². The highest BCUT2D eigenvalue weighted by Crippen LogP contribution is 2.44. The molecule has 0 saturated carbocycles. The third-order valence-electron chi connectivity index (χ3n) is 6.06. The second-order valence-electron chi connectivity index (χ2n) is 7.83. The van der Waals surface area contributed by atoms with Gasteiger partial charge in [-0.3, -0.25) is 14.5 Å². The Balaban J connectivity index is 1.32. The van der Waals surface area contributed by atoms with Gasteiger partial charge in [0, 0.05) is 24.6 Å². The van der Waals surface area contributed by atoms with E-state index in [9.17, 15) is 14.4 Å². The van der Waals surface area contributed by atoms with E-state index in [0.29, 0.717) is 12.4 Å². The van der Waals surface area contributed by atoms with Gasteiger partial charge in [0.05, 0.1) is 12.4 Å². The van der Waals surface area contributed by atoms with E-state index in [4.69, 9.17) is 4.74 Å². The summed E-state index contributed by atoms with van der Waals surface area (Å²) in [6, 6.07) is 15.5. The first-order chi connectivity index (χ1) is 14.6. The van der Waals surface area contributed by atoms with E-state index >= 15 is 0 Å². The van der Waals surface area contributed by atoms with Crippen molar-refractivity contribution < 1.29 is 19.1 Å². The molecule has 5 rings (SSSR count). The minimum absolute atomic E-state index is 0.0520. The van der Waals surface area contributed by atoms with Crippen LogP contribution in [0.2, 0.25) is 0 Å². The van der Waals surface area contributed by atoms with Crippen molar-refractivity contribution in [2.75, 3.05) is 31.3 Å². The fourth-order valence-corrected chi connectivity index (χ4v) is 5.53. The molecule has 0 aromatic heterocycles. The Bertz CT molecular complexity index is 972. The van der Waals surface area contributed by atoms with Crippen LogP contribution in [-0.2, 0) is 14.3 Å². The Labute approximate surface area is 179 Å². The Morgan fingerprint density at radius 1 is 1.03 bits per heavy atom. The lowest BCUT2D eigenvalue weighted by molar-refractivity contribution is -0.134. The number of nitrogens with zero attached hydrogens (tertiary/aromatic N) is 2. The summed E-state index contributed by atoms with van der Waals surface area (Å²) in [5, 5.41) is 0. The van der Waals surface area contributed by atoms with Crippen molar-refractivity contribution in [2.24, 2.45) is 0 Å². The molecule has 2 amide bonds. The second-order valence-corrected chi connectivity index (χ2v) is 8.90. The van der Waals surface area contributed by atoms with Gasteiger partial charge in [0.1, 0.15) is 12.6 Å². The normalized spacial score (nSPS) is 20.4. The average Bonchev–Trinajstić information content (AvgIpc) is 3.50. The van der Waals surface area contributed by atoms with Crippen LogP contribution in [0.15, 0.2) is 48.5 Å². The van der Waals surface area contributed by atoms with E-state index in [1.165, 1.54) is 4.90 Å². The van der Waals surface area contributed by atoms with Crippen LogP contribution in [-0.4, -0.2) is 65.0 Å². The van der Waals surface area contributed by atoms with Crippen LogP contribution in [0.5, 0.6) is 0 Å². The fourth-order valence-electron chi connectivity index (χ4n) is 4.58. The first-order valence-electron chi connectivity index (χ1n) is 10.1. The Morgan fingerprint density at radius 3 is 2.33 bits per heavy atom. The molecule has 1 atom stereocenters. The summed E-state index contributed by atoms with van der Waals surface area (Å²) in [6.45, 7) is 0.777. The maximum atomic E-state index is 12.9. The molecule has 2 aliphatic heterocycles. The molecule has 0 radical (unpaired) electrons. The largest absolute Gasteiger partial charge is 0.448 e. The van der Waals surface area contributed by atoms with E-state index in [1.807, 2.05) is 24.3 Å². The summed E-state index contributed by atoms with van der Waals surface area (Å²) in [6.07, 6.45) is -0.516. The molecule has 0 N–H and O–H groups in total. The van der Waals surface area contributed by atoms with Crippen LogP contribution >= 0.6 is 11.8 Å². The number of amides is 2. The molecule has 3 aliphatic rings. The summed E-state index contributed by atoms with van der Waals surface area (Å²) in [4.78, 5) is 40.8. The maximum Gasteiger partial charge on any atom is 0.410 e. The number of fused-ring (bicyclic) bond motifs is 3. The Kier molecular flexibility index (Phi) is 4.98. The van der Waals surface area contributed by atoms with Crippen LogP contribution in [0.4, 0.5) is 4.79 Å². The quantitative estimate of drug-likeness (QED) is 0.760. The molecule has 2 saturated heterocycles. The second kappa shape index (κ2) is 7.80. The summed E-state index contributed by atoms with van der Waals surface area (Å²) in [7, 11) is 0. The molecular formula is C23H22N2O4S. The predicted molar refractivity (Wildman–Crippen MR) is 114 cm³/mol. The van der Waals surface area contributed by atoms with Crippen molar-refractivity contribution in [2.45, 2.75) is 18.4 Å². The van der Waals surface area contributed by atoms with Crippen molar-refractivity contribution >= 4 is 29.5 Å². The molecule has 1 aliphatic carbocycles. The zero-order chi connectivity index (χ0) is 20.7. The Morgan fingerprint density at radius 2 is 1.70 bits per heavy atom. The highest BCUT2D eigenvalue weighted by atomic mass is 32.2. The van der Waals surface area contributed by atoms with E-state index in [-0.39, 0.29) is 37.2 Å². The molecular weight excluding hydrogens is 400 g/mol. The van der Waals surface area contributed by atoms with Gasteiger partial charge in [0.15, 0.2) is 5.78 Å². The summed E-state index contributed by atoms with van der Waals surface area (Å²) in [5.74, 6) is 1.19. The van der Waals surface area contributed by atoms with Gasteiger partial charge in [0.2, 0.25) is 5.91 Å². The SMILES string of the molecule is O=C1C[C@@H](C(=O)N2CCSC2)N(C(=O)OCC2c3ccccc3-c3ccccc32)C1. The first kappa shape index (κ1) is 19.2. The van der Waals surface area contributed by atoms with Gasteiger partial charge >= 0.3 is 6.09 Å². The van der Waals surface area contributed by atoms with E-state index < -0.39 is 12.1 Å². The number of rotatable bonds is 3. The number of carbonyl (C=O) groups is 3. The number of likely N-dealkylation sites (tertiary alicyclic amines) is 1. The lowest BCUT2D eigenvalue weighted by Gasteiger charge is -2.26. The van der Waals surface area contributed by atoms with Crippen molar-refractivity contribution in [3.05, 3.63) is 59.7 Å². The minimum Gasteiger partial charge on any atom is -0.448 e. The van der Waals surface area contributed by atoms with Gasteiger partial charge in [-0.25, -0.2) is 4.79 Å². The van der Waals surface area contributed by atoms with E-state index in [0.717, 1.165) is 28.0 Å². The molecule has 0 spiro atoms. The molecule has 2 fully saturated rings. The zero-order valence-corrected chi connectivity index (χ0v) is 17.3. The lowest BCUT2D eigenvalue weighted by Crippen LogP contribution is -2.47. The van der Waals surface area contributed by atoms with E-state index in [2.05, 4.69) is 24.3 Å². The van der Waals surface area contributed by atoms with Crippen molar-refractivity contribution in [3.63, 3.8) is 0 Å². The predicted octanol–water partition coefficient (Wildman–Crippen LogP) is 3.11. The number of carbonyl (C=O) groups excluding carboxylic acids is 3. The standard InChI is InChI=1S/C23H22N2O4S/c26-15-11-21(22(27)24-9-10-30-14-24)25(12-15)23(28)29-13-20-18-7-3-1-5-16(18)17-6-2-4-8-19(17)20/h1-8,20-21H,9-14H2/t21-/m0/s1. The van der Waals surface area contributed by atoms with Gasteiger partial charge < -0.3 is 9.64 Å². The highest BCUT2D eigenvalue weighted by molar-refractivity contribution is 7.99. The van der Waals surface area contributed by atoms with Crippen molar-refractivity contribution in [1.29, 1.82) is 0 Å². The zero-order valence-electron chi connectivity index (χ0n) is 16.5. The van der Waals surface area contributed by atoms with Gasteiger partial charge in [-0.2, -0.15) is 0 Å². The van der Waals surface area contributed by atoms with Crippen molar-refractivity contribution in [3.8, 4) is 11.1 Å². The number of hydrogen-bond acceptors (Lipinski definition) is 5. The number of benzene rings is 2. The first-order valence-corrected chi connectivity index (χ1v) is 11.3. The molecule has 154 valence electrons. The molecule has 0 unspecified atom stereocenters. The van der Waals surface area contributed by atoms with Crippen LogP contribution in [0.25, 0.3) is 11.1 Å². The molecule has 2 aromatic rings. The van der Waals surface area contributed by atoms with Gasteiger partial charge in [-0.1, -0.05) is 48.5 Å². The minimum atomic E-state index is -0.744. The smallest absolute Gasteiger partial charge is 0.410 e. The number of ether oxygens (including phenoxy) is 1. The average molecular weight is 423 g/mol. The molecule has 2 aromatic carbocycles. The Hall–Kier alpha value is -2.80. The number of thioether (sulfide) groups is 1. The summed E-state index contributed by atoms with van der Waals surface area (Å²) < 4.78 is 5.67. The topological polar surface area (TPSA) is 66.9 Å². The van der Waals surface area contributed by atoms with Crippen molar-refractivity contribution in [1.82, 2.24) is 9.80 Å². The van der Waals surface area contributed by atoms with Gasteiger partial charge in [0.25, 0.3) is 0 Å².